The molecule has 1 atom stereocenters. The van der Waals surface area contributed by atoms with E-state index in [4.69, 9.17) is 0 Å². The van der Waals surface area contributed by atoms with Crippen molar-refractivity contribution in [3.8, 4) is 5.69 Å². The molecule has 0 spiro atoms. The van der Waals surface area contributed by atoms with E-state index in [1.54, 1.807) is 25.1 Å². The van der Waals surface area contributed by atoms with Crippen LogP contribution in [0, 0.1) is 12.7 Å². The number of carbonyl (C=O) groups excluding carboxylic acids is 1. The van der Waals surface area contributed by atoms with Gasteiger partial charge in [-0.1, -0.05) is 12.1 Å². The van der Waals surface area contributed by atoms with Crippen molar-refractivity contribution in [2.75, 3.05) is 6.54 Å². The SMILES string of the molecule is Cc1c(C(=O)NCC(O)c2ccsc2)cnn1-c1ccccc1F. The number of hydrogen-bond acceptors (Lipinski definition) is 4. The van der Waals surface area contributed by atoms with E-state index in [2.05, 4.69) is 10.4 Å². The number of amides is 1. The molecule has 2 heterocycles. The fourth-order valence-corrected chi connectivity index (χ4v) is 3.07. The van der Waals surface area contributed by atoms with Gasteiger partial charge in [0.2, 0.25) is 0 Å². The lowest BCUT2D eigenvalue weighted by Gasteiger charge is -2.10. The fraction of sp³-hybridized carbons (Fsp3) is 0.176. The molecule has 0 radical (unpaired) electrons. The number of nitrogens with zero attached hydrogens (tertiary/aromatic N) is 2. The second-order valence-electron chi connectivity index (χ2n) is 5.29. The first-order valence-electron chi connectivity index (χ1n) is 7.36. The summed E-state index contributed by atoms with van der Waals surface area (Å²) in [7, 11) is 0. The Bertz CT molecular complexity index is 845. The van der Waals surface area contributed by atoms with Crippen molar-refractivity contribution in [2.45, 2.75) is 13.0 Å². The third-order valence-electron chi connectivity index (χ3n) is 3.72. The van der Waals surface area contributed by atoms with Crippen LogP contribution in [0.25, 0.3) is 5.69 Å². The van der Waals surface area contributed by atoms with E-state index in [0.29, 0.717) is 11.3 Å². The van der Waals surface area contributed by atoms with Crippen LogP contribution < -0.4 is 5.32 Å². The Morgan fingerprint density at radius 3 is 2.92 bits per heavy atom. The number of aliphatic hydroxyl groups is 1. The van der Waals surface area contributed by atoms with Crippen molar-refractivity contribution >= 4 is 17.2 Å². The number of hydrogen-bond donors (Lipinski definition) is 2. The molecule has 0 saturated carbocycles. The van der Waals surface area contributed by atoms with Crippen LogP contribution >= 0.6 is 11.3 Å². The van der Waals surface area contributed by atoms with Crippen molar-refractivity contribution in [2.24, 2.45) is 0 Å². The number of aromatic nitrogens is 2. The van der Waals surface area contributed by atoms with Gasteiger partial charge in [-0.05, 0) is 41.4 Å². The highest BCUT2D eigenvalue weighted by Gasteiger charge is 2.18. The number of para-hydroxylation sites is 1. The first kappa shape index (κ1) is 16.4. The van der Waals surface area contributed by atoms with E-state index in [0.717, 1.165) is 5.56 Å². The summed E-state index contributed by atoms with van der Waals surface area (Å²) in [5, 5.41) is 20.5. The van der Waals surface area contributed by atoms with Crippen molar-refractivity contribution in [1.82, 2.24) is 15.1 Å². The molecule has 1 amide bonds. The van der Waals surface area contributed by atoms with E-state index in [-0.39, 0.29) is 18.1 Å². The van der Waals surface area contributed by atoms with E-state index >= 15 is 0 Å². The zero-order valence-corrected chi connectivity index (χ0v) is 13.8. The number of benzene rings is 1. The van der Waals surface area contributed by atoms with Gasteiger partial charge in [0.05, 0.1) is 23.6 Å². The summed E-state index contributed by atoms with van der Waals surface area (Å²) in [4.78, 5) is 12.3. The maximum absolute atomic E-state index is 13.9. The maximum atomic E-state index is 13.9. The summed E-state index contributed by atoms with van der Waals surface area (Å²) in [6.45, 7) is 1.80. The molecule has 3 rings (SSSR count). The molecule has 0 aliphatic heterocycles. The first-order chi connectivity index (χ1) is 11.6. The molecular weight excluding hydrogens is 329 g/mol. The van der Waals surface area contributed by atoms with Gasteiger partial charge in [-0.2, -0.15) is 16.4 Å². The smallest absolute Gasteiger partial charge is 0.254 e. The van der Waals surface area contributed by atoms with Gasteiger partial charge in [-0.3, -0.25) is 4.79 Å². The van der Waals surface area contributed by atoms with Crippen LogP contribution in [-0.4, -0.2) is 27.3 Å². The maximum Gasteiger partial charge on any atom is 0.254 e. The molecule has 2 N–H and O–H groups in total. The van der Waals surface area contributed by atoms with Crippen molar-refractivity contribution in [1.29, 1.82) is 0 Å². The molecule has 1 aromatic carbocycles. The monoisotopic (exact) mass is 345 g/mol. The third-order valence-corrected chi connectivity index (χ3v) is 4.42. The summed E-state index contributed by atoms with van der Waals surface area (Å²) >= 11 is 1.48. The van der Waals surface area contributed by atoms with E-state index in [1.165, 1.54) is 28.3 Å². The van der Waals surface area contributed by atoms with Crippen LogP contribution in [0.15, 0.2) is 47.3 Å². The minimum atomic E-state index is -0.762. The van der Waals surface area contributed by atoms with Crippen molar-refractivity contribution < 1.29 is 14.3 Å². The summed E-state index contributed by atoms with van der Waals surface area (Å²) in [6, 6.07) is 8.04. The minimum Gasteiger partial charge on any atom is -0.387 e. The molecule has 24 heavy (non-hydrogen) atoms. The molecular formula is C17H16FN3O2S. The molecule has 0 fully saturated rings. The van der Waals surface area contributed by atoms with Crippen LogP contribution in [0.3, 0.4) is 0 Å². The van der Waals surface area contributed by atoms with Crippen LogP contribution in [-0.2, 0) is 0 Å². The number of halogens is 1. The van der Waals surface area contributed by atoms with E-state index in [1.807, 2.05) is 16.8 Å². The summed E-state index contributed by atoms with van der Waals surface area (Å²) < 4.78 is 15.3. The molecule has 7 heteroatoms. The zero-order chi connectivity index (χ0) is 17.1. The van der Waals surface area contributed by atoms with Crippen LogP contribution in [0.5, 0.6) is 0 Å². The Balaban J connectivity index is 1.74. The lowest BCUT2D eigenvalue weighted by Crippen LogP contribution is -2.28. The Hall–Kier alpha value is -2.51. The number of carbonyl (C=O) groups is 1. The average molecular weight is 345 g/mol. The Morgan fingerprint density at radius 1 is 1.42 bits per heavy atom. The summed E-state index contributed by atoms with van der Waals surface area (Å²) in [6.07, 6.45) is 0.635. The fourth-order valence-electron chi connectivity index (χ4n) is 2.37. The Labute approximate surface area is 142 Å². The second kappa shape index (κ2) is 6.94. The lowest BCUT2D eigenvalue weighted by molar-refractivity contribution is 0.0916. The molecule has 0 aliphatic carbocycles. The lowest BCUT2D eigenvalue weighted by atomic mass is 10.2. The molecule has 1 unspecified atom stereocenters. The van der Waals surface area contributed by atoms with Gasteiger partial charge < -0.3 is 10.4 Å². The van der Waals surface area contributed by atoms with Gasteiger partial charge in [-0.25, -0.2) is 9.07 Å². The van der Waals surface area contributed by atoms with Gasteiger partial charge >= 0.3 is 0 Å². The highest BCUT2D eigenvalue weighted by Crippen LogP contribution is 2.18. The number of rotatable bonds is 5. The van der Waals surface area contributed by atoms with Crippen LogP contribution in [0.2, 0.25) is 0 Å². The first-order valence-corrected chi connectivity index (χ1v) is 8.30. The molecule has 124 valence electrons. The molecule has 2 aromatic heterocycles. The van der Waals surface area contributed by atoms with Crippen molar-refractivity contribution in [3.05, 3.63) is 69.9 Å². The van der Waals surface area contributed by atoms with E-state index < -0.39 is 11.9 Å². The van der Waals surface area contributed by atoms with Gasteiger partial charge in [0.15, 0.2) is 0 Å². The number of nitrogens with one attached hydrogen (secondary N) is 1. The largest absolute Gasteiger partial charge is 0.387 e. The standard InChI is InChI=1S/C17H16FN3O2S/c1-11-13(8-20-21(11)15-5-3-2-4-14(15)18)17(23)19-9-16(22)12-6-7-24-10-12/h2-8,10,16,22H,9H2,1H3,(H,19,23). The van der Waals surface area contributed by atoms with Gasteiger partial charge in [0.25, 0.3) is 5.91 Å². The van der Waals surface area contributed by atoms with Gasteiger partial charge in [0.1, 0.15) is 11.5 Å². The topological polar surface area (TPSA) is 67.2 Å². The highest BCUT2D eigenvalue weighted by atomic mass is 32.1. The number of aliphatic hydroxyl groups excluding tert-OH is 1. The second-order valence-corrected chi connectivity index (χ2v) is 6.07. The quantitative estimate of drug-likeness (QED) is 0.747. The predicted octanol–water partition coefficient (Wildman–Crippen LogP) is 2.84. The van der Waals surface area contributed by atoms with Gasteiger partial charge in [0, 0.05) is 6.54 Å². The molecule has 5 nitrogen and oxygen atoms in total. The summed E-state index contributed by atoms with van der Waals surface area (Å²) in [5.41, 5.74) is 1.92. The van der Waals surface area contributed by atoms with E-state index in [9.17, 15) is 14.3 Å². The minimum absolute atomic E-state index is 0.0971. The van der Waals surface area contributed by atoms with Gasteiger partial charge in [-0.15, -0.1) is 0 Å². The Kier molecular flexibility index (Phi) is 4.73. The predicted molar refractivity (Wildman–Crippen MR) is 89.9 cm³/mol. The molecule has 0 aliphatic rings. The molecule has 0 saturated heterocycles. The molecule has 0 bridgehead atoms. The van der Waals surface area contributed by atoms with Crippen LogP contribution in [0.1, 0.15) is 27.7 Å². The summed E-state index contributed by atoms with van der Waals surface area (Å²) in [5.74, 6) is -0.770. The number of thiophene rings is 1. The average Bonchev–Trinajstić information content (AvgIpc) is 3.23. The Morgan fingerprint density at radius 2 is 2.21 bits per heavy atom. The zero-order valence-electron chi connectivity index (χ0n) is 12.9. The molecule has 3 aromatic rings. The van der Waals surface area contributed by atoms with Crippen LogP contribution in [0.4, 0.5) is 4.39 Å². The third kappa shape index (κ3) is 3.22. The normalized spacial score (nSPS) is 12.1. The highest BCUT2D eigenvalue weighted by molar-refractivity contribution is 7.07. The van der Waals surface area contributed by atoms with Crippen molar-refractivity contribution in [3.63, 3.8) is 0 Å².